The lowest BCUT2D eigenvalue weighted by molar-refractivity contribution is 1.03. The topological polar surface area (TPSA) is 3.24 Å². The quantitative estimate of drug-likeness (QED) is 0.618. The zero-order chi connectivity index (χ0) is 13.9. The van der Waals surface area contributed by atoms with E-state index in [9.17, 15) is 0 Å². The zero-order valence-corrected chi connectivity index (χ0v) is 12.0. The van der Waals surface area contributed by atoms with Gasteiger partial charge < -0.3 is 4.90 Å². The molecule has 0 saturated heterocycles. The molecule has 0 saturated carbocycles. The van der Waals surface area contributed by atoms with Crippen LogP contribution in [0, 0.1) is 6.92 Å². The first-order valence-electron chi connectivity index (χ1n) is 7.11. The summed E-state index contributed by atoms with van der Waals surface area (Å²) in [7, 11) is 0. The van der Waals surface area contributed by atoms with E-state index in [-0.39, 0.29) is 0 Å². The van der Waals surface area contributed by atoms with Gasteiger partial charge in [-0.3, -0.25) is 0 Å². The molecule has 0 aliphatic carbocycles. The molecule has 0 unspecified atom stereocenters. The monoisotopic (exact) mass is 261 g/mol. The molecule has 20 heavy (non-hydrogen) atoms. The van der Waals surface area contributed by atoms with Gasteiger partial charge in [-0.25, -0.2) is 0 Å². The van der Waals surface area contributed by atoms with E-state index in [2.05, 4.69) is 85.5 Å². The molecule has 0 aromatic heterocycles. The van der Waals surface area contributed by atoms with Crippen LogP contribution < -0.4 is 4.90 Å². The zero-order valence-electron chi connectivity index (χ0n) is 12.0. The van der Waals surface area contributed by atoms with Crippen LogP contribution in [0.3, 0.4) is 0 Å². The van der Waals surface area contributed by atoms with E-state index in [1.807, 2.05) is 0 Å². The van der Waals surface area contributed by atoms with Crippen molar-refractivity contribution in [2.24, 2.45) is 0 Å². The molecule has 0 aliphatic rings. The molecule has 3 aromatic rings. The Balaban J connectivity index is 2.17. The maximum absolute atomic E-state index is 2.37. The van der Waals surface area contributed by atoms with Crippen molar-refractivity contribution in [3.05, 3.63) is 72.3 Å². The Bertz CT molecular complexity index is 725. The fourth-order valence-electron chi connectivity index (χ4n) is 2.73. The van der Waals surface area contributed by atoms with Crippen molar-refractivity contribution in [2.75, 3.05) is 11.4 Å². The van der Waals surface area contributed by atoms with E-state index in [1.54, 1.807) is 0 Å². The average Bonchev–Trinajstić information content (AvgIpc) is 2.48. The normalized spacial score (nSPS) is 10.7. The number of aryl methyl sites for hydroxylation is 1. The Morgan fingerprint density at radius 1 is 0.850 bits per heavy atom. The molecule has 0 radical (unpaired) electrons. The second-order valence-electron chi connectivity index (χ2n) is 5.08. The van der Waals surface area contributed by atoms with Gasteiger partial charge in [0, 0.05) is 23.3 Å². The van der Waals surface area contributed by atoms with Gasteiger partial charge in [0.05, 0.1) is 0 Å². The summed E-state index contributed by atoms with van der Waals surface area (Å²) in [6, 6.07) is 23.8. The van der Waals surface area contributed by atoms with Crippen LogP contribution in [0.5, 0.6) is 0 Å². The van der Waals surface area contributed by atoms with Crippen molar-refractivity contribution in [3.8, 4) is 0 Å². The first-order valence-corrected chi connectivity index (χ1v) is 7.11. The molecule has 3 rings (SSSR count). The number of rotatable bonds is 3. The SMILES string of the molecule is CCN(c1cccc(C)c1)c1cccc2ccccc12. The lowest BCUT2D eigenvalue weighted by atomic mass is 10.1. The van der Waals surface area contributed by atoms with E-state index >= 15 is 0 Å². The van der Waals surface area contributed by atoms with Crippen LogP contribution in [0.15, 0.2) is 66.7 Å². The van der Waals surface area contributed by atoms with Gasteiger partial charge >= 0.3 is 0 Å². The van der Waals surface area contributed by atoms with E-state index in [4.69, 9.17) is 0 Å². The largest absolute Gasteiger partial charge is 0.341 e. The Morgan fingerprint density at radius 3 is 2.40 bits per heavy atom. The summed E-state index contributed by atoms with van der Waals surface area (Å²) < 4.78 is 0. The third kappa shape index (κ3) is 2.27. The summed E-state index contributed by atoms with van der Waals surface area (Å²) >= 11 is 0. The van der Waals surface area contributed by atoms with Gasteiger partial charge in [0.15, 0.2) is 0 Å². The van der Waals surface area contributed by atoms with Crippen LogP contribution in [0.1, 0.15) is 12.5 Å². The highest BCUT2D eigenvalue weighted by atomic mass is 15.1. The molecule has 0 amide bonds. The number of nitrogens with zero attached hydrogens (tertiary/aromatic N) is 1. The molecular formula is C19H19N. The fourth-order valence-corrected chi connectivity index (χ4v) is 2.73. The standard InChI is InChI=1S/C19H19N/c1-3-20(17-11-6-8-15(2)14-17)19-13-7-10-16-9-4-5-12-18(16)19/h4-14H,3H2,1-2H3. The summed E-state index contributed by atoms with van der Waals surface area (Å²) in [5.74, 6) is 0. The Morgan fingerprint density at radius 2 is 1.60 bits per heavy atom. The predicted octanol–water partition coefficient (Wildman–Crippen LogP) is 5.31. The van der Waals surface area contributed by atoms with Gasteiger partial charge in [-0.1, -0.05) is 48.5 Å². The minimum atomic E-state index is 0.956. The van der Waals surface area contributed by atoms with Crippen molar-refractivity contribution in [2.45, 2.75) is 13.8 Å². The molecule has 0 fully saturated rings. The molecule has 0 atom stereocenters. The first-order chi connectivity index (χ1) is 9.79. The molecule has 0 spiro atoms. The number of anilines is 2. The second kappa shape index (κ2) is 5.38. The highest BCUT2D eigenvalue weighted by molar-refractivity contribution is 5.96. The lowest BCUT2D eigenvalue weighted by Crippen LogP contribution is -2.16. The van der Waals surface area contributed by atoms with Crippen molar-refractivity contribution < 1.29 is 0 Å². The van der Waals surface area contributed by atoms with Gasteiger partial charge in [-0.05, 0) is 43.0 Å². The predicted molar refractivity (Wildman–Crippen MR) is 87.8 cm³/mol. The highest BCUT2D eigenvalue weighted by Gasteiger charge is 2.10. The fraction of sp³-hybridized carbons (Fsp3) is 0.158. The van der Waals surface area contributed by atoms with Crippen LogP contribution in [-0.2, 0) is 0 Å². The number of benzene rings is 3. The highest BCUT2D eigenvalue weighted by Crippen LogP contribution is 2.32. The molecule has 1 nitrogen and oxygen atoms in total. The van der Waals surface area contributed by atoms with Crippen LogP contribution in [0.4, 0.5) is 11.4 Å². The van der Waals surface area contributed by atoms with Crippen LogP contribution in [0.25, 0.3) is 10.8 Å². The summed E-state index contributed by atoms with van der Waals surface area (Å²) in [5, 5.41) is 2.59. The van der Waals surface area contributed by atoms with Crippen LogP contribution >= 0.6 is 0 Å². The number of hydrogen-bond donors (Lipinski definition) is 0. The van der Waals surface area contributed by atoms with Crippen LogP contribution in [-0.4, -0.2) is 6.54 Å². The Labute approximate surface area is 120 Å². The minimum absolute atomic E-state index is 0.956. The number of fused-ring (bicyclic) bond motifs is 1. The molecule has 0 heterocycles. The van der Waals surface area contributed by atoms with Crippen molar-refractivity contribution >= 4 is 22.1 Å². The molecular weight excluding hydrogens is 242 g/mol. The van der Waals surface area contributed by atoms with Crippen molar-refractivity contribution in [3.63, 3.8) is 0 Å². The van der Waals surface area contributed by atoms with Crippen molar-refractivity contribution in [1.82, 2.24) is 0 Å². The molecule has 100 valence electrons. The van der Waals surface area contributed by atoms with Gasteiger partial charge in [-0.2, -0.15) is 0 Å². The van der Waals surface area contributed by atoms with Gasteiger partial charge in [0.25, 0.3) is 0 Å². The van der Waals surface area contributed by atoms with E-state index in [0.29, 0.717) is 0 Å². The van der Waals surface area contributed by atoms with Gasteiger partial charge in [0.2, 0.25) is 0 Å². The molecule has 0 N–H and O–H groups in total. The lowest BCUT2D eigenvalue weighted by Gasteiger charge is -2.25. The maximum Gasteiger partial charge on any atom is 0.0490 e. The molecule has 1 heteroatoms. The molecule has 3 aromatic carbocycles. The minimum Gasteiger partial charge on any atom is -0.341 e. The average molecular weight is 261 g/mol. The third-order valence-corrected chi connectivity index (χ3v) is 3.69. The van der Waals surface area contributed by atoms with Gasteiger partial charge in [0.1, 0.15) is 0 Å². The van der Waals surface area contributed by atoms with Crippen LogP contribution in [0.2, 0.25) is 0 Å². The third-order valence-electron chi connectivity index (χ3n) is 3.69. The Hall–Kier alpha value is -2.28. The molecule has 0 aliphatic heterocycles. The first kappa shape index (κ1) is 12.7. The smallest absolute Gasteiger partial charge is 0.0490 e. The van der Waals surface area contributed by atoms with Crippen molar-refractivity contribution in [1.29, 1.82) is 0 Å². The summed E-state index contributed by atoms with van der Waals surface area (Å²) in [5.41, 5.74) is 3.82. The summed E-state index contributed by atoms with van der Waals surface area (Å²) in [6.07, 6.45) is 0. The van der Waals surface area contributed by atoms with Gasteiger partial charge in [-0.15, -0.1) is 0 Å². The van der Waals surface area contributed by atoms with E-state index in [0.717, 1.165) is 6.54 Å². The van der Waals surface area contributed by atoms with E-state index in [1.165, 1.54) is 27.7 Å². The summed E-state index contributed by atoms with van der Waals surface area (Å²) in [6.45, 7) is 5.29. The second-order valence-corrected chi connectivity index (χ2v) is 5.08. The Kier molecular flexibility index (Phi) is 3.42. The number of hydrogen-bond acceptors (Lipinski definition) is 1. The molecule has 0 bridgehead atoms. The van der Waals surface area contributed by atoms with E-state index < -0.39 is 0 Å². The maximum atomic E-state index is 2.37. The summed E-state index contributed by atoms with van der Waals surface area (Å²) in [4.78, 5) is 2.37.